The van der Waals surface area contributed by atoms with Crippen LogP contribution in [0.25, 0.3) is 0 Å². The summed E-state index contributed by atoms with van der Waals surface area (Å²) in [6, 6.07) is 5.78. The topological polar surface area (TPSA) is 64.6 Å². The number of nitrogens with one attached hydrogen (secondary N) is 2. The van der Waals surface area contributed by atoms with Gasteiger partial charge in [0.1, 0.15) is 6.04 Å². The van der Waals surface area contributed by atoms with Crippen LogP contribution in [0.2, 0.25) is 0 Å². The average molecular weight is 275 g/mol. The molecule has 108 valence electrons. The zero-order valence-electron chi connectivity index (χ0n) is 11.9. The van der Waals surface area contributed by atoms with E-state index in [0.29, 0.717) is 12.5 Å². The van der Waals surface area contributed by atoms with Crippen LogP contribution in [0.4, 0.5) is 11.4 Å². The number of hydrogen-bond donors (Lipinski definition) is 3. The van der Waals surface area contributed by atoms with E-state index in [2.05, 4.69) is 22.5 Å². The smallest absolute Gasteiger partial charge is 0.246 e. The van der Waals surface area contributed by atoms with Gasteiger partial charge >= 0.3 is 0 Å². The first kappa shape index (κ1) is 13.4. The molecule has 0 aromatic heterocycles. The number of carbonyl (C=O) groups excluding carboxylic acids is 1. The van der Waals surface area contributed by atoms with Gasteiger partial charge in [-0.15, -0.1) is 0 Å². The van der Waals surface area contributed by atoms with Crippen molar-refractivity contribution in [2.75, 3.05) is 30.4 Å². The summed E-state index contributed by atoms with van der Waals surface area (Å²) >= 11 is 0. The van der Waals surface area contributed by atoms with Gasteiger partial charge < -0.3 is 20.6 Å². The lowest BCUT2D eigenvalue weighted by molar-refractivity contribution is -0.117. The van der Waals surface area contributed by atoms with E-state index in [-0.39, 0.29) is 18.1 Å². The number of amides is 1. The number of piperidine rings is 1. The minimum atomic E-state index is -0.281. The molecule has 2 aliphatic heterocycles. The Morgan fingerprint density at radius 1 is 1.45 bits per heavy atom. The summed E-state index contributed by atoms with van der Waals surface area (Å²) in [6.45, 7) is 3.69. The summed E-state index contributed by atoms with van der Waals surface area (Å²) in [7, 11) is 1.79. The highest BCUT2D eigenvalue weighted by Crippen LogP contribution is 2.34. The lowest BCUT2D eigenvalue weighted by atomic mass is 9.95. The van der Waals surface area contributed by atoms with Crippen molar-refractivity contribution < 1.29 is 9.90 Å². The fourth-order valence-corrected chi connectivity index (χ4v) is 3.02. The van der Waals surface area contributed by atoms with Crippen LogP contribution in [0.15, 0.2) is 18.2 Å². The molecule has 5 heteroatoms. The van der Waals surface area contributed by atoms with Crippen LogP contribution in [0.5, 0.6) is 0 Å². The number of hydrogen-bond acceptors (Lipinski definition) is 4. The number of β-amino-alcohol motifs (C(OH)–C–C–N with tert-alkyl or cyclic N) is 1. The van der Waals surface area contributed by atoms with Crippen molar-refractivity contribution >= 4 is 17.3 Å². The molecule has 5 nitrogen and oxygen atoms in total. The van der Waals surface area contributed by atoms with Gasteiger partial charge in [-0.1, -0.05) is 13.0 Å². The predicted molar refractivity (Wildman–Crippen MR) is 78.9 cm³/mol. The number of likely N-dealkylation sites (N-methyl/N-ethyl adjacent to an activating group) is 1. The second-order valence-electron chi connectivity index (χ2n) is 5.76. The van der Waals surface area contributed by atoms with Crippen molar-refractivity contribution in [3.05, 3.63) is 23.8 Å². The third kappa shape index (κ3) is 2.17. The molecule has 2 aliphatic rings. The summed E-state index contributed by atoms with van der Waals surface area (Å²) in [5, 5.41) is 15.9. The number of rotatable bonds is 2. The van der Waals surface area contributed by atoms with E-state index in [4.69, 9.17) is 0 Å². The summed E-state index contributed by atoms with van der Waals surface area (Å²) in [4.78, 5) is 14.0. The number of aliphatic hydroxyl groups excluding tert-OH is 1. The van der Waals surface area contributed by atoms with E-state index < -0.39 is 0 Å². The van der Waals surface area contributed by atoms with Crippen LogP contribution >= 0.6 is 0 Å². The molecule has 1 aromatic carbocycles. The third-order valence-corrected chi connectivity index (χ3v) is 4.44. The van der Waals surface area contributed by atoms with Gasteiger partial charge in [0.05, 0.1) is 6.10 Å². The normalized spacial score (nSPS) is 29.2. The first-order chi connectivity index (χ1) is 9.60. The standard InChI is InChI=1S/C15H21N3O2/c1-9-5-6-18(8-13(9)19)10-3-4-11-12(7-10)17-15(20)14(11)16-2/h3-4,7,9,13-14,16,19H,5-6,8H2,1-2H3,(H,17,20). The highest BCUT2D eigenvalue weighted by molar-refractivity contribution is 6.03. The Morgan fingerprint density at radius 3 is 2.95 bits per heavy atom. The predicted octanol–water partition coefficient (Wildman–Crippen LogP) is 1.11. The van der Waals surface area contributed by atoms with Crippen LogP contribution in [-0.2, 0) is 4.79 Å². The minimum Gasteiger partial charge on any atom is -0.391 e. The van der Waals surface area contributed by atoms with Gasteiger partial charge in [-0.25, -0.2) is 0 Å². The summed E-state index contributed by atoms with van der Waals surface area (Å²) in [5.74, 6) is 0.348. The molecular formula is C15H21N3O2. The SMILES string of the molecule is CNC1C(=O)Nc2cc(N3CCC(C)C(O)C3)ccc21. The van der Waals surface area contributed by atoms with E-state index in [1.54, 1.807) is 7.05 Å². The van der Waals surface area contributed by atoms with Gasteiger partial charge in [0.25, 0.3) is 0 Å². The molecule has 3 unspecified atom stereocenters. The molecular weight excluding hydrogens is 254 g/mol. The summed E-state index contributed by atoms with van der Waals surface area (Å²) in [6.07, 6.45) is 0.709. The Hall–Kier alpha value is -1.59. The Morgan fingerprint density at radius 2 is 2.25 bits per heavy atom. The molecule has 3 atom stereocenters. The number of aliphatic hydroxyl groups is 1. The van der Waals surface area contributed by atoms with E-state index in [1.807, 2.05) is 18.2 Å². The highest BCUT2D eigenvalue weighted by atomic mass is 16.3. The molecule has 0 radical (unpaired) electrons. The van der Waals surface area contributed by atoms with E-state index in [1.165, 1.54) is 0 Å². The maximum atomic E-state index is 11.8. The molecule has 3 N–H and O–H groups in total. The number of benzene rings is 1. The Labute approximate surface area is 119 Å². The largest absolute Gasteiger partial charge is 0.391 e. The van der Waals surface area contributed by atoms with Crippen molar-refractivity contribution in [3.63, 3.8) is 0 Å². The molecule has 1 aromatic rings. The molecule has 20 heavy (non-hydrogen) atoms. The fourth-order valence-electron chi connectivity index (χ4n) is 3.02. The van der Waals surface area contributed by atoms with E-state index in [0.717, 1.165) is 29.9 Å². The second-order valence-corrected chi connectivity index (χ2v) is 5.76. The molecule has 3 rings (SSSR count). The Bertz CT molecular complexity index is 532. The first-order valence-corrected chi connectivity index (χ1v) is 7.15. The Kier molecular flexibility index (Phi) is 3.40. The number of anilines is 2. The zero-order chi connectivity index (χ0) is 14.3. The van der Waals surface area contributed by atoms with Gasteiger partial charge in [0.2, 0.25) is 5.91 Å². The van der Waals surface area contributed by atoms with Crippen molar-refractivity contribution in [2.45, 2.75) is 25.5 Å². The van der Waals surface area contributed by atoms with Crippen molar-refractivity contribution in [3.8, 4) is 0 Å². The van der Waals surface area contributed by atoms with Gasteiger partial charge in [-0.2, -0.15) is 0 Å². The fraction of sp³-hybridized carbons (Fsp3) is 0.533. The highest BCUT2D eigenvalue weighted by Gasteiger charge is 2.30. The first-order valence-electron chi connectivity index (χ1n) is 7.15. The van der Waals surface area contributed by atoms with Crippen molar-refractivity contribution in [1.29, 1.82) is 0 Å². The van der Waals surface area contributed by atoms with Crippen molar-refractivity contribution in [1.82, 2.24) is 5.32 Å². The Balaban J connectivity index is 1.84. The van der Waals surface area contributed by atoms with Gasteiger partial charge in [-0.05, 0) is 31.5 Å². The molecule has 2 heterocycles. The summed E-state index contributed by atoms with van der Waals surface area (Å²) in [5.41, 5.74) is 2.93. The van der Waals surface area contributed by atoms with Crippen molar-refractivity contribution in [2.24, 2.45) is 5.92 Å². The van der Waals surface area contributed by atoms with Crippen LogP contribution in [0.1, 0.15) is 24.9 Å². The molecule has 1 amide bonds. The maximum absolute atomic E-state index is 11.8. The monoisotopic (exact) mass is 275 g/mol. The minimum absolute atomic E-state index is 0.00745. The molecule has 1 saturated heterocycles. The number of carbonyl (C=O) groups is 1. The van der Waals surface area contributed by atoms with E-state index >= 15 is 0 Å². The lowest BCUT2D eigenvalue weighted by Gasteiger charge is -2.36. The second kappa shape index (κ2) is 5.07. The molecule has 1 fully saturated rings. The number of nitrogens with zero attached hydrogens (tertiary/aromatic N) is 1. The van der Waals surface area contributed by atoms with E-state index in [9.17, 15) is 9.90 Å². The molecule has 0 spiro atoms. The molecule has 0 saturated carbocycles. The zero-order valence-corrected chi connectivity index (χ0v) is 11.9. The van der Waals surface area contributed by atoms with Crippen LogP contribution in [0, 0.1) is 5.92 Å². The van der Waals surface area contributed by atoms with Crippen LogP contribution in [0.3, 0.4) is 0 Å². The quantitative estimate of drug-likeness (QED) is 0.756. The third-order valence-electron chi connectivity index (χ3n) is 4.44. The van der Waals surface area contributed by atoms with Gasteiger partial charge in [0, 0.05) is 30.0 Å². The van der Waals surface area contributed by atoms with Gasteiger partial charge in [-0.3, -0.25) is 4.79 Å². The van der Waals surface area contributed by atoms with Gasteiger partial charge in [0.15, 0.2) is 0 Å². The molecule has 0 aliphatic carbocycles. The van der Waals surface area contributed by atoms with Crippen LogP contribution in [-0.4, -0.2) is 37.3 Å². The van der Waals surface area contributed by atoms with Crippen LogP contribution < -0.4 is 15.5 Å². The number of fused-ring (bicyclic) bond motifs is 1. The summed E-state index contributed by atoms with van der Waals surface area (Å²) < 4.78 is 0. The average Bonchev–Trinajstić information content (AvgIpc) is 2.76. The lowest BCUT2D eigenvalue weighted by Crippen LogP contribution is -2.42. The molecule has 0 bridgehead atoms. The maximum Gasteiger partial charge on any atom is 0.246 e.